The van der Waals surface area contributed by atoms with Gasteiger partial charge in [0.05, 0.1) is 11.9 Å². The maximum absolute atomic E-state index is 12.3. The predicted octanol–water partition coefficient (Wildman–Crippen LogP) is 2.71. The van der Waals surface area contributed by atoms with Crippen LogP contribution in [0.3, 0.4) is 0 Å². The van der Waals surface area contributed by atoms with Gasteiger partial charge in [-0.15, -0.1) is 11.3 Å². The summed E-state index contributed by atoms with van der Waals surface area (Å²) in [5.41, 5.74) is 1.25. The third kappa shape index (κ3) is 4.12. The van der Waals surface area contributed by atoms with Gasteiger partial charge in [-0.25, -0.2) is 8.42 Å². The summed E-state index contributed by atoms with van der Waals surface area (Å²) in [6.45, 7) is 8.88. The van der Waals surface area contributed by atoms with E-state index in [4.69, 9.17) is 4.74 Å². The molecule has 0 saturated carbocycles. The first kappa shape index (κ1) is 18.2. The highest BCUT2D eigenvalue weighted by Crippen LogP contribution is 2.34. The topological polar surface area (TPSA) is 49.9 Å². The molecule has 24 heavy (non-hydrogen) atoms. The number of sulfonamides is 1. The van der Waals surface area contributed by atoms with Gasteiger partial charge in [-0.3, -0.25) is 0 Å². The molecule has 2 aliphatic rings. The molecule has 5 nitrogen and oxygen atoms in total. The van der Waals surface area contributed by atoms with E-state index in [1.807, 2.05) is 0 Å². The van der Waals surface area contributed by atoms with Gasteiger partial charge in [0.1, 0.15) is 0 Å². The molecule has 0 unspecified atom stereocenters. The van der Waals surface area contributed by atoms with E-state index >= 15 is 0 Å². The van der Waals surface area contributed by atoms with Crippen molar-refractivity contribution in [1.82, 2.24) is 9.21 Å². The Morgan fingerprint density at radius 3 is 2.71 bits per heavy atom. The second-order valence-corrected chi connectivity index (χ2v) is 10.5. The molecule has 3 heterocycles. The van der Waals surface area contributed by atoms with E-state index < -0.39 is 10.0 Å². The number of ether oxygens (including phenoxy) is 1. The number of fused-ring (bicyclic) bond motifs is 1. The summed E-state index contributed by atoms with van der Waals surface area (Å²) in [6, 6.07) is 2.11. The molecule has 0 bridgehead atoms. The fraction of sp³-hybridized carbons (Fsp3) is 0.765. The molecule has 1 saturated heterocycles. The zero-order valence-electron chi connectivity index (χ0n) is 14.7. The van der Waals surface area contributed by atoms with Gasteiger partial charge >= 0.3 is 0 Å². The second kappa shape index (κ2) is 7.72. The Kier molecular flexibility index (Phi) is 5.85. The lowest BCUT2D eigenvalue weighted by atomic mass is 10.1. The summed E-state index contributed by atoms with van der Waals surface area (Å²) in [6.07, 6.45) is 4.49. The zero-order valence-corrected chi connectivity index (χ0v) is 16.3. The summed E-state index contributed by atoms with van der Waals surface area (Å²) < 4.78 is 32.2. The van der Waals surface area contributed by atoms with E-state index in [-0.39, 0.29) is 5.25 Å². The number of hydrogen-bond acceptors (Lipinski definition) is 5. The fourth-order valence-electron chi connectivity index (χ4n) is 3.32. The van der Waals surface area contributed by atoms with Gasteiger partial charge in [0.25, 0.3) is 0 Å². The van der Waals surface area contributed by atoms with Gasteiger partial charge in [0.15, 0.2) is 5.06 Å². The zero-order chi connectivity index (χ0) is 17.2. The van der Waals surface area contributed by atoms with Crippen LogP contribution in [0.2, 0.25) is 0 Å². The molecule has 0 spiro atoms. The van der Waals surface area contributed by atoms with Crippen LogP contribution in [0.1, 0.15) is 43.6 Å². The van der Waals surface area contributed by atoms with Crippen molar-refractivity contribution in [3.05, 3.63) is 16.5 Å². The predicted molar refractivity (Wildman–Crippen MR) is 98.3 cm³/mol. The minimum atomic E-state index is -3.17. The number of rotatable bonds is 7. The minimum absolute atomic E-state index is 0.361. The van der Waals surface area contributed by atoms with Crippen LogP contribution in [-0.4, -0.2) is 55.7 Å². The largest absolute Gasteiger partial charge is 0.484 e. The minimum Gasteiger partial charge on any atom is -0.484 e. The summed E-state index contributed by atoms with van der Waals surface area (Å²) in [5.74, 6) is 0. The normalized spacial score (nSPS) is 19.8. The van der Waals surface area contributed by atoms with E-state index in [2.05, 4.69) is 11.0 Å². The Morgan fingerprint density at radius 2 is 2.00 bits per heavy atom. The van der Waals surface area contributed by atoms with Crippen molar-refractivity contribution in [1.29, 1.82) is 0 Å². The second-order valence-electron chi connectivity index (χ2n) is 6.94. The summed E-state index contributed by atoms with van der Waals surface area (Å²) in [4.78, 5) is 3.64. The van der Waals surface area contributed by atoms with Gasteiger partial charge < -0.3 is 9.64 Å². The fourth-order valence-corrected chi connectivity index (χ4v) is 5.75. The van der Waals surface area contributed by atoms with E-state index in [1.165, 1.54) is 31.5 Å². The Hall–Kier alpha value is -0.630. The molecule has 1 aromatic heterocycles. The number of nitrogens with zero attached hydrogens (tertiary/aromatic N) is 2. The molecule has 3 rings (SSSR count). The number of hydrogen-bond donors (Lipinski definition) is 0. The molecule has 1 fully saturated rings. The molecular weight excluding hydrogens is 344 g/mol. The molecule has 0 N–H and O–H groups in total. The van der Waals surface area contributed by atoms with Crippen LogP contribution in [0, 0.1) is 0 Å². The van der Waals surface area contributed by atoms with Crippen LogP contribution >= 0.6 is 11.3 Å². The maximum atomic E-state index is 12.3. The molecule has 0 aromatic carbocycles. The van der Waals surface area contributed by atoms with Gasteiger partial charge in [-0.2, -0.15) is 4.31 Å². The Labute approximate surface area is 149 Å². The summed E-state index contributed by atoms with van der Waals surface area (Å²) in [7, 11) is -3.17. The van der Waals surface area contributed by atoms with Crippen LogP contribution in [0.15, 0.2) is 6.07 Å². The van der Waals surface area contributed by atoms with Crippen molar-refractivity contribution in [2.45, 2.75) is 51.3 Å². The highest BCUT2D eigenvalue weighted by molar-refractivity contribution is 7.89. The quantitative estimate of drug-likeness (QED) is 0.691. The van der Waals surface area contributed by atoms with Crippen LogP contribution < -0.4 is 4.74 Å². The molecule has 0 radical (unpaired) electrons. The Balaban J connectivity index is 1.51. The van der Waals surface area contributed by atoms with Crippen molar-refractivity contribution in [2.75, 3.05) is 32.8 Å². The summed E-state index contributed by atoms with van der Waals surface area (Å²) in [5, 5.41) is 0.575. The van der Waals surface area contributed by atoms with Gasteiger partial charge in [0.2, 0.25) is 10.0 Å². The van der Waals surface area contributed by atoms with E-state index in [0.717, 1.165) is 35.9 Å². The Morgan fingerprint density at radius 1 is 1.25 bits per heavy atom. The van der Waals surface area contributed by atoms with E-state index in [9.17, 15) is 8.42 Å². The van der Waals surface area contributed by atoms with E-state index in [0.29, 0.717) is 13.1 Å². The molecule has 7 heteroatoms. The van der Waals surface area contributed by atoms with Gasteiger partial charge in [0, 0.05) is 24.5 Å². The average Bonchev–Trinajstić information content (AvgIpc) is 3.19. The standard InChI is InChI=1S/C17H28N2O3S2/c1-14(2)24(20,21)19-10-6-15-12-17(23-16(15)13-19)22-11-5-9-18-7-3-4-8-18/h12,14H,3-11,13H2,1-2H3. The number of thiophene rings is 1. The van der Waals surface area contributed by atoms with Crippen molar-refractivity contribution >= 4 is 21.4 Å². The van der Waals surface area contributed by atoms with Crippen molar-refractivity contribution in [3.63, 3.8) is 0 Å². The first-order chi connectivity index (χ1) is 11.5. The molecule has 0 amide bonds. The lowest BCUT2D eigenvalue weighted by Gasteiger charge is -2.27. The molecule has 1 aromatic rings. The average molecular weight is 373 g/mol. The van der Waals surface area contributed by atoms with Crippen LogP contribution in [0.5, 0.6) is 5.06 Å². The first-order valence-corrected chi connectivity index (χ1v) is 11.2. The van der Waals surface area contributed by atoms with Crippen molar-refractivity contribution < 1.29 is 13.2 Å². The van der Waals surface area contributed by atoms with Crippen LogP contribution in [-0.2, 0) is 23.0 Å². The van der Waals surface area contributed by atoms with Crippen LogP contribution in [0.4, 0.5) is 0 Å². The molecule has 0 atom stereocenters. The van der Waals surface area contributed by atoms with E-state index in [1.54, 1.807) is 29.5 Å². The SMILES string of the molecule is CC(C)S(=O)(=O)N1CCc2cc(OCCCN3CCCC3)sc2C1. The van der Waals surface area contributed by atoms with Crippen LogP contribution in [0.25, 0.3) is 0 Å². The molecule has 2 aliphatic heterocycles. The highest BCUT2D eigenvalue weighted by Gasteiger charge is 2.30. The summed E-state index contributed by atoms with van der Waals surface area (Å²) >= 11 is 1.61. The van der Waals surface area contributed by atoms with Crippen molar-refractivity contribution in [2.24, 2.45) is 0 Å². The lowest BCUT2D eigenvalue weighted by Crippen LogP contribution is -2.39. The molecule has 0 aliphatic carbocycles. The van der Waals surface area contributed by atoms with Crippen molar-refractivity contribution in [3.8, 4) is 5.06 Å². The van der Waals surface area contributed by atoms with Gasteiger partial charge in [-0.05, 0) is 64.3 Å². The maximum Gasteiger partial charge on any atom is 0.216 e. The third-order valence-electron chi connectivity index (χ3n) is 4.84. The first-order valence-electron chi connectivity index (χ1n) is 8.92. The van der Waals surface area contributed by atoms with Gasteiger partial charge in [-0.1, -0.05) is 0 Å². The number of likely N-dealkylation sites (tertiary alicyclic amines) is 1. The monoisotopic (exact) mass is 372 g/mol. The molecule has 136 valence electrons. The Bertz CT molecular complexity index is 649. The highest BCUT2D eigenvalue weighted by atomic mass is 32.2. The lowest BCUT2D eigenvalue weighted by molar-refractivity contribution is 0.268. The molecular formula is C17H28N2O3S2. The smallest absolute Gasteiger partial charge is 0.216 e. The third-order valence-corrected chi connectivity index (χ3v) is 8.14.